The van der Waals surface area contributed by atoms with E-state index >= 15 is 0 Å². The number of benzene rings is 2. The summed E-state index contributed by atoms with van der Waals surface area (Å²) in [5, 5.41) is 7.88. The molecule has 5 heteroatoms. The Bertz CT molecular complexity index is 808. The summed E-state index contributed by atoms with van der Waals surface area (Å²) in [7, 11) is 0. The minimum Gasteiger partial charge on any atom is -0.376 e. The van der Waals surface area contributed by atoms with Crippen LogP contribution in [0.25, 0.3) is 10.8 Å². The molecule has 130 valence electrons. The van der Waals surface area contributed by atoms with Gasteiger partial charge in [-0.25, -0.2) is 0 Å². The van der Waals surface area contributed by atoms with Crippen molar-refractivity contribution in [2.75, 3.05) is 18.5 Å². The van der Waals surface area contributed by atoms with Crippen molar-refractivity contribution >= 4 is 28.3 Å². The smallest absolute Gasteiger partial charge is 0.253 e. The van der Waals surface area contributed by atoms with Gasteiger partial charge in [-0.3, -0.25) is 9.59 Å². The van der Waals surface area contributed by atoms with Gasteiger partial charge >= 0.3 is 0 Å². The lowest BCUT2D eigenvalue weighted by molar-refractivity contribution is -0.117. The molecule has 0 spiro atoms. The van der Waals surface area contributed by atoms with Gasteiger partial charge in [-0.2, -0.15) is 0 Å². The first-order valence-electron chi connectivity index (χ1n) is 8.94. The Morgan fingerprint density at radius 1 is 1.08 bits per heavy atom. The molecule has 2 aliphatic rings. The largest absolute Gasteiger partial charge is 0.376 e. The number of anilines is 1. The number of ether oxygens (including phenoxy) is 1. The van der Waals surface area contributed by atoms with Gasteiger partial charge in [0.1, 0.15) is 0 Å². The van der Waals surface area contributed by atoms with Gasteiger partial charge in [0.15, 0.2) is 0 Å². The summed E-state index contributed by atoms with van der Waals surface area (Å²) in [4.78, 5) is 24.9. The minimum atomic E-state index is -0.174. The highest BCUT2D eigenvalue weighted by molar-refractivity contribution is 6.08. The number of carbonyl (C=O) groups is 2. The summed E-state index contributed by atoms with van der Waals surface area (Å²) < 4.78 is 5.56. The van der Waals surface area contributed by atoms with Crippen LogP contribution in [0, 0.1) is 5.92 Å². The maximum Gasteiger partial charge on any atom is 0.253 e. The van der Waals surface area contributed by atoms with Gasteiger partial charge in [0.25, 0.3) is 5.91 Å². The molecule has 1 saturated carbocycles. The molecule has 4 rings (SSSR count). The van der Waals surface area contributed by atoms with Crippen LogP contribution in [0.1, 0.15) is 36.0 Å². The molecule has 1 saturated heterocycles. The number of fused-ring (bicyclic) bond motifs is 1. The zero-order valence-electron chi connectivity index (χ0n) is 14.1. The molecule has 2 amide bonds. The van der Waals surface area contributed by atoms with Crippen molar-refractivity contribution in [2.24, 2.45) is 5.92 Å². The predicted molar refractivity (Wildman–Crippen MR) is 96.6 cm³/mol. The molecule has 1 aliphatic carbocycles. The Morgan fingerprint density at radius 2 is 1.84 bits per heavy atom. The van der Waals surface area contributed by atoms with Crippen molar-refractivity contribution in [1.82, 2.24) is 5.32 Å². The van der Waals surface area contributed by atoms with Gasteiger partial charge < -0.3 is 15.4 Å². The zero-order chi connectivity index (χ0) is 17.2. The maximum absolute atomic E-state index is 12.7. The average molecular weight is 338 g/mol. The monoisotopic (exact) mass is 338 g/mol. The van der Waals surface area contributed by atoms with Crippen LogP contribution in [-0.2, 0) is 9.53 Å². The normalized spacial score (nSPS) is 19.8. The third-order valence-electron chi connectivity index (χ3n) is 4.85. The zero-order valence-corrected chi connectivity index (χ0v) is 14.1. The van der Waals surface area contributed by atoms with Crippen molar-refractivity contribution in [3.8, 4) is 0 Å². The van der Waals surface area contributed by atoms with E-state index in [0.717, 1.165) is 43.1 Å². The Kier molecular flexibility index (Phi) is 4.40. The molecule has 2 N–H and O–H groups in total. The van der Waals surface area contributed by atoms with E-state index in [1.807, 2.05) is 36.4 Å². The van der Waals surface area contributed by atoms with E-state index in [-0.39, 0.29) is 23.8 Å². The van der Waals surface area contributed by atoms with E-state index in [1.165, 1.54) is 0 Å². The number of amides is 2. The van der Waals surface area contributed by atoms with Gasteiger partial charge in [0.05, 0.1) is 17.4 Å². The number of rotatable bonds is 5. The summed E-state index contributed by atoms with van der Waals surface area (Å²) in [5.41, 5.74) is 1.09. The molecule has 0 aromatic heterocycles. The summed E-state index contributed by atoms with van der Waals surface area (Å²) >= 11 is 0. The van der Waals surface area contributed by atoms with Gasteiger partial charge in [-0.1, -0.05) is 24.3 Å². The van der Waals surface area contributed by atoms with Crippen LogP contribution in [0.4, 0.5) is 5.69 Å². The first-order valence-corrected chi connectivity index (χ1v) is 8.94. The second-order valence-corrected chi connectivity index (χ2v) is 6.85. The second-order valence-electron chi connectivity index (χ2n) is 6.85. The van der Waals surface area contributed by atoms with Crippen LogP contribution in [-0.4, -0.2) is 31.1 Å². The molecular formula is C20H22N2O3. The topological polar surface area (TPSA) is 67.4 Å². The summed E-state index contributed by atoms with van der Waals surface area (Å²) in [6.45, 7) is 1.26. The lowest BCUT2D eigenvalue weighted by Gasteiger charge is -2.15. The molecule has 0 bridgehead atoms. The molecule has 1 atom stereocenters. The number of hydrogen-bond acceptors (Lipinski definition) is 3. The van der Waals surface area contributed by atoms with Crippen LogP contribution in [0.15, 0.2) is 36.4 Å². The second kappa shape index (κ2) is 6.84. The molecule has 2 aromatic rings. The maximum atomic E-state index is 12.7. The molecule has 1 unspecified atom stereocenters. The molecule has 25 heavy (non-hydrogen) atoms. The Morgan fingerprint density at radius 3 is 2.52 bits per heavy atom. The highest BCUT2D eigenvalue weighted by Gasteiger charge is 2.30. The van der Waals surface area contributed by atoms with E-state index in [0.29, 0.717) is 17.8 Å². The molecule has 5 nitrogen and oxygen atoms in total. The van der Waals surface area contributed by atoms with E-state index in [4.69, 9.17) is 4.74 Å². The predicted octanol–water partition coefficient (Wildman–Crippen LogP) is 3.10. The summed E-state index contributed by atoms with van der Waals surface area (Å²) in [6.07, 6.45) is 3.97. The van der Waals surface area contributed by atoms with Gasteiger partial charge in [0, 0.05) is 19.1 Å². The first kappa shape index (κ1) is 16.1. The van der Waals surface area contributed by atoms with Gasteiger partial charge in [0.2, 0.25) is 5.91 Å². The fourth-order valence-corrected chi connectivity index (χ4v) is 3.22. The number of carbonyl (C=O) groups excluding carboxylic acids is 2. The molecule has 2 fully saturated rings. The van der Waals surface area contributed by atoms with Gasteiger partial charge in [-0.15, -0.1) is 0 Å². The average Bonchev–Trinajstić information content (AvgIpc) is 3.35. The van der Waals surface area contributed by atoms with Crippen LogP contribution >= 0.6 is 0 Å². The van der Waals surface area contributed by atoms with Gasteiger partial charge in [-0.05, 0) is 48.6 Å². The Hall–Kier alpha value is -2.40. The Labute approximate surface area is 146 Å². The Balaban J connectivity index is 1.59. The van der Waals surface area contributed by atoms with E-state index in [2.05, 4.69) is 10.6 Å². The third kappa shape index (κ3) is 3.66. The standard InChI is InChI=1S/C20H22N2O3/c23-19(13-7-8-13)22-18-11-15-5-2-1-4-14(15)10-17(18)20(24)21-12-16-6-3-9-25-16/h1-2,4-5,10-11,13,16H,3,6-9,12H2,(H,21,24)(H,22,23). The first-order chi connectivity index (χ1) is 12.2. The number of nitrogens with one attached hydrogen (secondary N) is 2. The van der Waals surface area contributed by atoms with Crippen molar-refractivity contribution in [3.63, 3.8) is 0 Å². The highest BCUT2D eigenvalue weighted by Crippen LogP contribution is 2.32. The van der Waals surface area contributed by atoms with E-state index in [1.54, 1.807) is 0 Å². The van der Waals surface area contributed by atoms with Crippen molar-refractivity contribution in [3.05, 3.63) is 42.0 Å². The van der Waals surface area contributed by atoms with Crippen molar-refractivity contribution in [1.29, 1.82) is 0 Å². The molecule has 1 heterocycles. The summed E-state index contributed by atoms with van der Waals surface area (Å²) in [5.74, 6) is -0.0786. The SMILES string of the molecule is O=C(NCC1CCCO1)c1cc2ccccc2cc1NC(=O)C1CC1. The summed E-state index contributed by atoms with van der Waals surface area (Å²) in [6, 6.07) is 11.6. The third-order valence-corrected chi connectivity index (χ3v) is 4.85. The number of hydrogen-bond donors (Lipinski definition) is 2. The molecule has 2 aromatic carbocycles. The lowest BCUT2D eigenvalue weighted by atomic mass is 10.0. The fraction of sp³-hybridized carbons (Fsp3) is 0.400. The van der Waals surface area contributed by atoms with E-state index in [9.17, 15) is 9.59 Å². The van der Waals surface area contributed by atoms with Crippen LogP contribution in [0.3, 0.4) is 0 Å². The fourth-order valence-electron chi connectivity index (χ4n) is 3.22. The van der Waals surface area contributed by atoms with Crippen molar-refractivity contribution in [2.45, 2.75) is 31.8 Å². The molecule has 1 aliphatic heterocycles. The highest BCUT2D eigenvalue weighted by atomic mass is 16.5. The van der Waals surface area contributed by atoms with E-state index < -0.39 is 0 Å². The molecule has 0 radical (unpaired) electrons. The minimum absolute atomic E-state index is 0.00320. The van der Waals surface area contributed by atoms with Crippen LogP contribution in [0.2, 0.25) is 0 Å². The lowest BCUT2D eigenvalue weighted by Crippen LogP contribution is -2.32. The van der Waals surface area contributed by atoms with Crippen molar-refractivity contribution < 1.29 is 14.3 Å². The van der Waals surface area contributed by atoms with Crippen LogP contribution < -0.4 is 10.6 Å². The quantitative estimate of drug-likeness (QED) is 0.880. The molecular weight excluding hydrogens is 316 g/mol. The van der Waals surface area contributed by atoms with Crippen LogP contribution in [0.5, 0.6) is 0 Å².